The quantitative estimate of drug-likeness (QED) is 0.585. The van der Waals surface area contributed by atoms with Gasteiger partial charge in [-0.2, -0.15) is 0 Å². The van der Waals surface area contributed by atoms with Gasteiger partial charge >= 0.3 is 0 Å². The van der Waals surface area contributed by atoms with Crippen LogP contribution in [0.3, 0.4) is 0 Å². The molecule has 2 rings (SSSR count). The van der Waals surface area contributed by atoms with E-state index in [1.807, 2.05) is 6.07 Å². The standard InChI is InChI=1S/C10H10N2O2/c13-9-6-7-11-10(14,12-9)8-4-2-1-3-5-8/h1-7,11,14H,(H,12,13)/t10-/m1/s1. The van der Waals surface area contributed by atoms with Gasteiger partial charge in [0.05, 0.1) is 0 Å². The van der Waals surface area contributed by atoms with Gasteiger partial charge in [-0.05, 0) is 0 Å². The molecule has 1 aliphatic heterocycles. The second-order valence-corrected chi connectivity index (χ2v) is 3.04. The third kappa shape index (κ3) is 1.47. The Balaban J connectivity index is 2.34. The van der Waals surface area contributed by atoms with E-state index in [1.165, 1.54) is 12.3 Å². The average Bonchev–Trinajstić information content (AvgIpc) is 2.19. The highest BCUT2D eigenvalue weighted by Crippen LogP contribution is 2.16. The molecular formula is C10H10N2O2. The predicted octanol–water partition coefficient (Wildman–Crippen LogP) is 0.0223. The molecule has 1 amide bonds. The molecule has 0 unspecified atom stereocenters. The number of aliphatic hydroxyl groups is 1. The van der Waals surface area contributed by atoms with Crippen LogP contribution in [0, 0.1) is 0 Å². The van der Waals surface area contributed by atoms with Crippen molar-refractivity contribution in [3.8, 4) is 0 Å². The maximum atomic E-state index is 11.1. The largest absolute Gasteiger partial charge is 0.350 e. The van der Waals surface area contributed by atoms with Crippen molar-refractivity contribution in [3.63, 3.8) is 0 Å². The molecular weight excluding hydrogens is 180 g/mol. The molecule has 0 bridgehead atoms. The van der Waals surface area contributed by atoms with E-state index in [4.69, 9.17) is 0 Å². The van der Waals surface area contributed by atoms with Gasteiger partial charge in [0.2, 0.25) is 11.8 Å². The highest BCUT2D eigenvalue weighted by Gasteiger charge is 2.31. The van der Waals surface area contributed by atoms with Crippen molar-refractivity contribution >= 4 is 5.91 Å². The van der Waals surface area contributed by atoms with Gasteiger partial charge in [-0.25, -0.2) is 0 Å². The van der Waals surface area contributed by atoms with Gasteiger partial charge in [-0.1, -0.05) is 30.3 Å². The minimum atomic E-state index is -1.49. The van der Waals surface area contributed by atoms with Crippen LogP contribution in [0.4, 0.5) is 0 Å². The fraction of sp³-hybridized carbons (Fsp3) is 0.100. The maximum absolute atomic E-state index is 11.1. The lowest BCUT2D eigenvalue weighted by Crippen LogP contribution is -2.56. The summed E-state index contributed by atoms with van der Waals surface area (Å²) in [5.41, 5.74) is 0.595. The lowest BCUT2D eigenvalue weighted by Gasteiger charge is -2.31. The Morgan fingerprint density at radius 2 is 1.93 bits per heavy atom. The minimum absolute atomic E-state index is 0.324. The Hall–Kier alpha value is -1.81. The molecule has 4 heteroatoms. The molecule has 0 aromatic heterocycles. The fourth-order valence-electron chi connectivity index (χ4n) is 1.33. The van der Waals surface area contributed by atoms with Crippen molar-refractivity contribution in [2.24, 2.45) is 0 Å². The molecule has 0 fully saturated rings. The van der Waals surface area contributed by atoms with Crippen LogP contribution in [-0.4, -0.2) is 11.0 Å². The molecule has 4 nitrogen and oxygen atoms in total. The number of rotatable bonds is 1. The topological polar surface area (TPSA) is 61.4 Å². The molecule has 3 N–H and O–H groups in total. The van der Waals surface area contributed by atoms with Crippen molar-refractivity contribution in [1.82, 2.24) is 10.6 Å². The van der Waals surface area contributed by atoms with Crippen molar-refractivity contribution in [2.45, 2.75) is 5.85 Å². The molecule has 0 spiro atoms. The highest BCUT2D eigenvalue weighted by molar-refractivity contribution is 5.88. The monoisotopic (exact) mass is 190 g/mol. The molecule has 1 aliphatic rings. The Morgan fingerprint density at radius 1 is 1.21 bits per heavy atom. The van der Waals surface area contributed by atoms with Crippen LogP contribution in [0.15, 0.2) is 42.6 Å². The Bertz CT molecular complexity index is 375. The number of benzene rings is 1. The molecule has 0 saturated heterocycles. The van der Waals surface area contributed by atoms with Crippen molar-refractivity contribution in [2.75, 3.05) is 0 Å². The van der Waals surface area contributed by atoms with Gasteiger partial charge in [0, 0.05) is 17.8 Å². The van der Waals surface area contributed by atoms with Crippen molar-refractivity contribution < 1.29 is 9.90 Å². The highest BCUT2D eigenvalue weighted by atomic mass is 16.3. The zero-order chi connectivity index (χ0) is 10.0. The number of amides is 1. The zero-order valence-corrected chi connectivity index (χ0v) is 7.40. The lowest BCUT2D eigenvalue weighted by molar-refractivity contribution is -0.128. The molecule has 0 aliphatic carbocycles. The average molecular weight is 190 g/mol. The molecule has 14 heavy (non-hydrogen) atoms. The van der Waals surface area contributed by atoms with E-state index in [-0.39, 0.29) is 5.91 Å². The van der Waals surface area contributed by atoms with E-state index in [1.54, 1.807) is 24.3 Å². The molecule has 72 valence electrons. The van der Waals surface area contributed by atoms with Crippen LogP contribution < -0.4 is 10.6 Å². The zero-order valence-electron chi connectivity index (χ0n) is 7.40. The lowest BCUT2D eigenvalue weighted by atomic mass is 10.1. The maximum Gasteiger partial charge on any atom is 0.249 e. The third-order valence-electron chi connectivity index (χ3n) is 2.02. The predicted molar refractivity (Wildman–Crippen MR) is 50.8 cm³/mol. The second-order valence-electron chi connectivity index (χ2n) is 3.04. The summed E-state index contributed by atoms with van der Waals surface area (Å²) >= 11 is 0. The number of hydrogen-bond acceptors (Lipinski definition) is 3. The second kappa shape index (κ2) is 3.16. The summed E-state index contributed by atoms with van der Waals surface area (Å²) in [6.07, 6.45) is 2.74. The summed E-state index contributed by atoms with van der Waals surface area (Å²) in [6.45, 7) is 0. The van der Waals surface area contributed by atoms with E-state index < -0.39 is 5.85 Å². The molecule has 0 saturated carbocycles. The summed E-state index contributed by atoms with van der Waals surface area (Å²) in [4.78, 5) is 11.1. The number of hydrogen-bond donors (Lipinski definition) is 3. The summed E-state index contributed by atoms with van der Waals surface area (Å²) in [5, 5.41) is 15.1. The number of carbonyl (C=O) groups is 1. The first kappa shape index (κ1) is 8.77. The summed E-state index contributed by atoms with van der Waals surface area (Å²) < 4.78 is 0. The summed E-state index contributed by atoms with van der Waals surface area (Å²) in [6, 6.07) is 8.88. The van der Waals surface area contributed by atoms with E-state index >= 15 is 0 Å². The van der Waals surface area contributed by atoms with E-state index in [0.717, 1.165) is 0 Å². The van der Waals surface area contributed by atoms with Crippen molar-refractivity contribution in [3.05, 3.63) is 48.2 Å². The van der Waals surface area contributed by atoms with E-state index in [0.29, 0.717) is 5.56 Å². The van der Waals surface area contributed by atoms with Crippen LogP contribution in [0.2, 0.25) is 0 Å². The van der Waals surface area contributed by atoms with Gasteiger partial charge in [-0.15, -0.1) is 0 Å². The molecule has 1 aromatic carbocycles. The van der Waals surface area contributed by atoms with Gasteiger partial charge in [0.1, 0.15) is 0 Å². The molecule has 1 atom stereocenters. The number of nitrogens with one attached hydrogen (secondary N) is 2. The van der Waals surface area contributed by atoms with Gasteiger partial charge < -0.3 is 15.7 Å². The van der Waals surface area contributed by atoms with E-state index in [2.05, 4.69) is 10.6 Å². The van der Waals surface area contributed by atoms with Gasteiger partial charge in [-0.3, -0.25) is 4.79 Å². The van der Waals surface area contributed by atoms with Crippen LogP contribution in [-0.2, 0) is 10.6 Å². The SMILES string of the molecule is O=C1C=CN[C@](O)(c2ccccc2)N1. The first-order chi connectivity index (χ1) is 6.71. The van der Waals surface area contributed by atoms with Crippen LogP contribution in [0.1, 0.15) is 5.56 Å². The Labute approximate surface area is 81.3 Å². The van der Waals surface area contributed by atoms with Gasteiger partial charge in [0.25, 0.3) is 0 Å². The Kier molecular flexibility index (Phi) is 1.98. The first-order valence-corrected chi connectivity index (χ1v) is 4.25. The first-order valence-electron chi connectivity index (χ1n) is 4.25. The normalized spacial score (nSPS) is 25.4. The third-order valence-corrected chi connectivity index (χ3v) is 2.02. The van der Waals surface area contributed by atoms with Gasteiger partial charge in [0.15, 0.2) is 0 Å². The van der Waals surface area contributed by atoms with Crippen LogP contribution in [0.5, 0.6) is 0 Å². The van der Waals surface area contributed by atoms with Crippen molar-refractivity contribution in [1.29, 1.82) is 0 Å². The fourth-order valence-corrected chi connectivity index (χ4v) is 1.33. The Morgan fingerprint density at radius 3 is 2.57 bits per heavy atom. The molecule has 1 heterocycles. The summed E-state index contributed by atoms with van der Waals surface area (Å²) in [5.74, 6) is -1.82. The van der Waals surface area contributed by atoms with Crippen LogP contribution in [0.25, 0.3) is 0 Å². The number of carbonyl (C=O) groups excluding carboxylic acids is 1. The molecule has 0 radical (unpaired) electrons. The van der Waals surface area contributed by atoms with E-state index in [9.17, 15) is 9.90 Å². The summed E-state index contributed by atoms with van der Waals surface area (Å²) in [7, 11) is 0. The molecule has 1 aromatic rings. The smallest absolute Gasteiger partial charge is 0.249 e. The minimum Gasteiger partial charge on any atom is -0.350 e. The van der Waals surface area contributed by atoms with Crippen LogP contribution >= 0.6 is 0 Å².